The lowest BCUT2D eigenvalue weighted by Gasteiger charge is -2.17. The van der Waals surface area contributed by atoms with Gasteiger partial charge in [0.1, 0.15) is 22.3 Å². The van der Waals surface area contributed by atoms with Crippen LogP contribution in [0.3, 0.4) is 0 Å². The molecule has 33 heavy (non-hydrogen) atoms. The maximum absolute atomic E-state index is 12.9. The molecule has 0 aliphatic carbocycles. The fourth-order valence-electron chi connectivity index (χ4n) is 3.48. The van der Waals surface area contributed by atoms with Gasteiger partial charge >= 0.3 is 5.97 Å². The van der Waals surface area contributed by atoms with Gasteiger partial charge in [-0.25, -0.2) is 18.2 Å². The molecule has 174 valence electrons. The first-order valence-electron chi connectivity index (χ1n) is 10.5. The predicted molar refractivity (Wildman–Crippen MR) is 127 cm³/mol. The highest BCUT2D eigenvalue weighted by Crippen LogP contribution is 2.29. The predicted octanol–water partition coefficient (Wildman–Crippen LogP) is 5.00. The molecular formula is C23H23ClN2O5S2. The molecule has 2 aromatic carbocycles. The molecule has 0 unspecified atom stereocenters. The van der Waals surface area contributed by atoms with Crippen LogP contribution in [0.2, 0.25) is 5.02 Å². The van der Waals surface area contributed by atoms with Gasteiger partial charge in [-0.2, -0.15) is 4.31 Å². The van der Waals surface area contributed by atoms with Crippen molar-refractivity contribution in [3.05, 3.63) is 64.1 Å². The number of ether oxygens (including phenoxy) is 2. The summed E-state index contributed by atoms with van der Waals surface area (Å²) in [4.78, 5) is 17.0. The van der Waals surface area contributed by atoms with E-state index in [1.165, 1.54) is 33.8 Å². The first-order valence-corrected chi connectivity index (χ1v) is 13.2. The summed E-state index contributed by atoms with van der Waals surface area (Å²) < 4.78 is 38.0. The van der Waals surface area contributed by atoms with Crippen molar-refractivity contribution in [2.45, 2.75) is 31.3 Å². The molecule has 4 rings (SSSR count). The zero-order valence-electron chi connectivity index (χ0n) is 18.0. The van der Waals surface area contributed by atoms with Crippen LogP contribution in [-0.2, 0) is 21.4 Å². The van der Waals surface area contributed by atoms with Crippen LogP contribution in [0.15, 0.2) is 52.7 Å². The summed E-state index contributed by atoms with van der Waals surface area (Å²) in [6.45, 7) is 3.41. The zero-order chi connectivity index (χ0) is 23.4. The summed E-state index contributed by atoms with van der Waals surface area (Å²) in [5.74, 6) is 0.154. The second kappa shape index (κ2) is 10.2. The number of thiazole rings is 1. The largest absolute Gasteiger partial charge is 0.494 e. The molecule has 0 radical (unpaired) electrons. The van der Waals surface area contributed by atoms with E-state index in [0.717, 1.165) is 29.2 Å². The van der Waals surface area contributed by atoms with E-state index in [4.69, 9.17) is 21.1 Å². The van der Waals surface area contributed by atoms with Crippen molar-refractivity contribution in [3.63, 3.8) is 0 Å². The molecule has 1 saturated heterocycles. The highest BCUT2D eigenvalue weighted by molar-refractivity contribution is 7.89. The maximum atomic E-state index is 12.9. The van der Waals surface area contributed by atoms with Crippen molar-refractivity contribution in [1.29, 1.82) is 0 Å². The molecule has 1 aliphatic heterocycles. The fraction of sp³-hybridized carbons (Fsp3) is 0.304. The Labute approximate surface area is 202 Å². The molecule has 10 heteroatoms. The van der Waals surface area contributed by atoms with Gasteiger partial charge in [-0.15, -0.1) is 11.3 Å². The molecule has 0 amide bonds. The Morgan fingerprint density at radius 2 is 1.88 bits per heavy atom. The minimum atomic E-state index is -3.75. The topological polar surface area (TPSA) is 85.8 Å². The molecule has 0 saturated carbocycles. The van der Waals surface area contributed by atoms with Gasteiger partial charge in [-0.1, -0.05) is 11.6 Å². The van der Waals surface area contributed by atoms with Gasteiger partial charge in [0.15, 0.2) is 0 Å². The molecule has 0 N–H and O–H groups in total. The molecular weight excluding hydrogens is 484 g/mol. The summed E-state index contributed by atoms with van der Waals surface area (Å²) in [6.07, 6.45) is 1.62. The Hall–Kier alpha value is -2.46. The van der Waals surface area contributed by atoms with Crippen molar-refractivity contribution >= 4 is 38.9 Å². The van der Waals surface area contributed by atoms with E-state index < -0.39 is 16.0 Å². The Bertz CT molecular complexity index is 1240. The molecule has 0 spiro atoms. The normalized spacial score (nSPS) is 14.4. The van der Waals surface area contributed by atoms with Crippen LogP contribution in [0.4, 0.5) is 0 Å². The van der Waals surface area contributed by atoms with E-state index >= 15 is 0 Å². The number of benzene rings is 2. The van der Waals surface area contributed by atoms with E-state index in [2.05, 4.69) is 4.98 Å². The number of aromatic nitrogens is 1. The van der Waals surface area contributed by atoms with Crippen LogP contribution < -0.4 is 4.74 Å². The molecule has 0 bridgehead atoms. The Kier molecular flexibility index (Phi) is 7.33. The van der Waals surface area contributed by atoms with Gasteiger partial charge < -0.3 is 9.47 Å². The Morgan fingerprint density at radius 3 is 2.58 bits per heavy atom. The standard InChI is InChI=1S/C23H23ClN2O5S2/c1-2-30-19-8-5-16(6-9-19)22-25-18(15-32-22)14-31-23(27)17-7-10-20(24)21(13-17)33(28,29)26-11-3-4-12-26/h5-10,13,15H,2-4,11-12,14H2,1H3. The number of sulfonamides is 1. The third kappa shape index (κ3) is 5.38. The Morgan fingerprint density at radius 1 is 1.15 bits per heavy atom. The van der Waals surface area contributed by atoms with Crippen molar-refractivity contribution in [2.75, 3.05) is 19.7 Å². The van der Waals surface area contributed by atoms with Crippen LogP contribution in [0.25, 0.3) is 10.6 Å². The number of carbonyl (C=O) groups is 1. The van der Waals surface area contributed by atoms with Crippen LogP contribution in [0.1, 0.15) is 35.8 Å². The van der Waals surface area contributed by atoms with Crippen molar-refractivity contribution in [3.8, 4) is 16.3 Å². The average Bonchev–Trinajstić information content (AvgIpc) is 3.51. The highest BCUT2D eigenvalue weighted by Gasteiger charge is 2.30. The number of carbonyl (C=O) groups excluding carboxylic acids is 1. The number of nitrogens with zero attached hydrogens (tertiary/aromatic N) is 2. The first-order chi connectivity index (χ1) is 15.9. The minimum Gasteiger partial charge on any atom is -0.494 e. The summed E-state index contributed by atoms with van der Waals surface area (Å²) in [7, 11) is -3.75. The van der Waals surface area contributed by atoms with Gasteiger partial charge in [0, 0.05) is 24.0 Å². The SMILES string of the molecule is CCOc1ccc(-c2nc(COC(=O)c3ccc(Cl)c(S(=O)(=O)N4CCCC4)c3)cs2)cc1. The lowest BCUT2D eigenvalue weighted by molar-refractivity contribution is 0.0468. The van der Waals surface area contributed by atoms with Crippen LogP contribution in [0.5, 0.6) is 5.75 Å². The third-order valence-electron chi connectivity index (χ3n) is 5.16. The number of halogens is 1. The summed E-state index contributed by atoms with van der Waals surface area (Å²) >= 11 is 7.60. The van der Waals surface area contributed by atoms with Crippen molar-refractivity contribution < 1.29 is 22.7 Å². The van der Waals surface area contributed by atoms with E-state index in [0.29, 0.717) is 25.4 Å². The fourth-order valence-corrected chi connectivity index (χ4v) is 6.31. The molecule has 3 aromatic rings. The highest BCUT2D eigenvalue weighted by atomic mass is 35.5. The number of hydrogen-bond acceptors (Lipinski definition) is 7. The lowest BCUT2D eigenvalue weighted by atomic mass is 10.2. The molecule has 1 fully saturated rings. The van der Waals surface area contributed by atoms with Crippen molar-refractivity contribution in [1.82, 2.24) is 9.29 Å². The molecule has 2 heterocycles. The number of rotatable bonds is 8. The monoisotopic (exact) mass is 506 g/mol. The van der Waals surface area contributed by atoms with E-state index in [9.17, 15) is 13.2 Å². The molecule has 7 nitrogen and oxygen atoms in total. The minimum absolute atomic E-state index is 0.0246. The molecule has 1 aliphatic rings. The molecule has 0 atom stereocenters. The van der Waals surface area contributed by atoms with Gasteiger partial charge in [0.2, 0.25) is 10.0 Å². The quantitative estimate of drug-likeness (QED) is 0.399. The van der Waals surface area contributed by atoms with Crippen LogP contribution in [0, 0.1) is 0 Å². The zero-order valence-corrected chi connectivity index (χ0v) is 20.4. The number of esters is 1. The summed E-state index contributed by atoms with van der Waals surface area (Å²) in [5, 5.41) is 2.71. The molecule has 1 aromatic heterocycles. The van der Waals surface area contributed by atoms with E-state index in [-0.39, 0.29) is 22.1 Å². The number of hydrogen-bond donors (Lipinski definition) is 0. The van der Waals surface area contributed by atoms with Gasteiger partial charge in [-0.3, -0.25) is 0 Å². The van der Waals surface area contributed by atoms with Crippen molar-refractivity contribution in [2.24, 2.45) is 0 Å². The second-order valence-corrected chi connectivity index (χ2v) is 10.6. The first kappa shape index (κ1) is 23.7. The Balaban J connectivity index is 1.43. The lowest BCUT2D eigenvalue weighted by Crippen LogP contribution is -2.28. The van der Waals surface area contributed by atoms with E-state index in [1.807, 2.05) is 36.6 Å². The summed E-state index contributed by atoms with van der Waals surface area (Å²) in [6, 6.07) is 11.8. The van der Waals surface area contributed by atoms with Gasteiger partial charge in [0.05, 0.1) is 22.9 Å². The van der Waals surface area contributed by atoms with E-state index in [1.54, 1.807) is 0 Å². The van der Waals surface area contributed by atoms with Crippen LogP contribution in [-0.4, -0.2) is 43.4 Å². The maximum Gasteiger partial charge on any atom is 0.338 e. The average molecular weight is 507 g/mol. The van der Waals surface area contributed by atoms with Gasteiger partial charge in [0.25, 0.3) is 0 Å². The van der Waals surface area contributed by atoms with Crippen LogP contribution >= 0.6 is 22.9 Å². The van der Waals surface area contributed by atoms with Gasteiger partial charge in [-0.05, 0) is 62.2 Å². The third-order valence-corrected chi connectivity index (χ3v) is 8.49. The smallest absolute Gasteiger partial charge is 0.338 e. The second-order valence-electron chi connectivity index (χ2n) is 7.43. The summed E-state index contributed by atoms with van der Waals surface area (Å²) in [5.41, 5.74) is 1.67.